The van der Waals surface area contributed by atoms with Gasteiger partial charge >= 0.3 is 6.09 Å². The van der Waals surface area contributed by atoms with Gasteiger partial charge in [-0.3, -0.25) is 0 Å². The zero-order valence-corrected chi connectivity index (χ0v) is 19.8. The van der Waals surface area contributed by atoms with Gasteiger partial charge in [0.05, 0.1) is 11.0 Å². The molecule has 0 radical (unpaired) electrons. The van der Waals surface area contributed by atoms with E-state index in [1.54, 1.807) is 0 Å². The summed E-state index contributed by atoms with van der Waals surface area (Å²) >= 11 is 0. The third-order valence-corrected chi connectivity index (χ3v) is 7.10. The minimum Gasteiger partial charge on any atom is -0.445 e. The molecule has 0 aliphatic carbocycles. The first-order valence-electron chi connectivity index (χ1n) is 12.6. The second kappa shape index (κ2) is 11.0. The molecule has 0 spiro atoms. The Morgan fingerprint density at radius 1 is 1.06 bits per heavy atom. The van der Waals surface area contributed by atoms with Crippen molar-refractivity contribution in [3.05, 3.63) is 66.0 Å². The molecule has 0 bridgehead atoms. The summed E-state index contributed by atoms with van der Waals surface area (Å²) in [5.41, 5.74) is 3.40. The van der Waals surface area contributed by atoms with Crippen molar-refractivity contribution in [2.75, 3.05) is 39.3 Å². The zero-order valence-electron chi connectivity index (χ0n) is 19.8. The lowest BCUT2D eigenvalue weighted by Crippen LogP contribution is -2.37. The molecule has 2 saturated heterocycles. The Balaban J connectivity index is 1.08. The summed E-state index contributed by atoms with van der Waals surface area (Å²) in [5.74, 6) is 1.78. The number of carbonyl (C=O) groups excluding carboxylic acids is 1. The van der Waals surface area contributed by atoms with Gasteiger partial charge in [0.25, 0.3) is 0 Å². The van der Waals surface area contributed by atoms with Crippen LogP contribution in [-0.2, 0) is 11.3 Å². The number of piperidine rings is 1. The summed E-state index contributed by atoms with van der Waals surface area (Å²) in [6.45, 7) is 6.22. The van der Waals surface area contributed by atoms with Crippen LogP contribution in [0.2, 0.25) is 0 Å². The lowest BCUT2D eigenvalue weighted by atomic mass is 10.0. The number of imidazole rings is 1. The fourth-order valence-electron chi connectivity index (χ4n) is 5.28. The van der Waals surface area contributed by atoms with Crippen LogP contribution in [-0.4, -0.2) is 59.8 Å². The number of hydrogen-bond acceptors (Lipinski definition) is 5. The first-order chi connectivity index (χ1) is 16.8. The molecule has 3 heterocycles. The number of carbonyl (C=O) groups is 1. The van der Waals surface area contributed by atoms with Gasteiger partial charge in [0.1, 0.15) is 12.4 Å². The second-order valence-electron chi connectivity index (χ2n) is 9.43. The minimum absolute atomic E-state index is 0.308. The van der Waals surface area contributed by atoms with Crippen molar-refractivity contribution < 1.29 is 9.53 Å². The molecule has 3 aromatic rings. The van der Waals surface area contributed by atoms with Crippen molar-refractivity contribution in [3.8, 4) is 0 Å². The monoisotopic (exact) mass is 461 g/mol. The van der Waals surface area contributed by atoms with E-state index in [2.05, 4.69) is 44.4 Å². The van der Waals surface area contributed by atoms with Crippen molar-refractivity contribution in [1.82, 2.24) is 25.1 Å². The first kappa shape index (κ1) is 22.9. The smallest absolute Gasteiger partial charge is 0.407 e. The van der Waals surface area contributed by atoms with E-state index in [1.807, 2.05) is 30.3 Å². The van der Waals surface area contributed by atoms with Gasteiger partial charge in [-0.1, -0.05) is 42.5 Å². The van der Waals surface area contributed by atoms with Crippen LogP contribution >= 0.6 is 0 Å². The Hall–Kier alpha value is -2.90. The summed E-state index contributed by atoms with van der Waals surface area (Å²) in [7, 11) is 0. The van der Waals surface area contributed by atoms with E-state index < -0.39 is 0 Å². The predicted octanol–water partition coefficient (Wildman–Crippen LogP) is 4.07. The number of fused-ring (bicyclic) bond motifs is 1. The first-order valence-corrected chi connectivity index (χ1v) is 12.6. The Labute approximate surface area is 201 Å². The van der Waals surface area contributed by atoms with Crippen LogP contribution in [0.25, 0.3) is 11.0 Å². The van der Waals surface area contributed by atoms with Crippen LogP contribution in [0, 0.1) is 0 Å². The molecule has 2 aliphatic heterocycles. The summed E-state index contributed by atoms with van der Waals surface area (Å²) in [5, 5.41) is 6.38. The number of ether oxygens (including phenoxy) is 1. The van der Waals surface area contributed by atoms with Crippen LogP contribution in [0.5, 0.6) is 0 Å². The molecule has 1 amide bonds. The van der Waals surface area contributed by atoms with Crippen LogP contribution in [0.3, 0.4) is 0 Å². The number of likely N-dealkylation sites (tertiary alicyclic amines) is 1. The van der Waals surface area contributed by atoms with Gasteiger partial charge in [-0.05, 0) is 56.5 Å². The van der Waals surface area contributed by atoms with Crippen molar-refractivity contribution in [2.24, 2.45) is 0 Å². The number of nitrogens with one attached hydrogen (secondary N) is 2. The van der Waals surface area contributed by atoms with Gasteiger partial charge in [0.2, 0.25) is 0 Å². The van der Waals surface area contributed by atoms with E-state index in [0.717, 1.165) is 63.1 Å². The molecule has 1 aromatic heterocycles. The summed E-state index contributed by atoms with van der Waals surface area (Å²) in [6, 6.07) is 18.8. The normalized spacial score (nSPS) is 19.5. The molecular formula is C27H35N5O2. The highest BCUT2D eigenvalue weighted by Crippen LogP contribution is 2.33. The van der Waals surface area contributed by atoms with E-state index >= 15 is 0 Å². The third-order valence-electron chi connectivity index (χ3n) is 7.10. The number of nitrogens with zero attached hydrogens (tertiary/aromatic N) is 3. The molecule has 2 fully saturated rings. The standard InChI is InChI=1S/C27H35N5O2/c33-27(34-20-21-7-2-1-3-8-21)29-14-6-16-31-17-12-23(13-18-31)32-25-10-5-4-9-24(25)30-26(32)22-11-15-28-19-22/h1-5,7-10,22-23,28H,6,11-20H2,(H,29,33)/t22-/m1/s1. The fourth-order valence-corrected chi connectivity index (χ4v) is 5.28. The zero-order chi connectivity index (χ0) is 23.2. The Morgan fingerprint density at radius 3 is 2.65 bits per heavy atom. The minimum atomic E-state index is -0.344. The van der Waals surface area contributed by atoms with Crippen LogP contribution < -0.4 is 10.6 Å². The molecule has 180 valence electrons. The van der Waals surface area contributed by atoms with Crippen molar-refractivity contribution in [1.29, 1.82) is 0 Å². The van der Waals surface area contributed by atoms with Gasteiger partial charge in [-0.2, -0.15) is 0 Å². The highest BCUT2D eigenvalue weighted by molar-refractivity contribution is 5.76. The molecule has 34 heavy (non-hydrogen) atoms. The number of alkyl carbamates (subject to hydrolysis) is 1. The number of benzene rings is 2. The lowest BCUT2D eigenvalue weighted by Gasteiger charge is -2.34. The van der Waals surface area contributed by atoms with Gasteiger partial charge in [-0.25, -0.2) is 9.78 Å². The Morgan fingerprint density at radius 2 is 1.85 bits per heavy atom. The van der Waals surface area contributed by atoms with Crippen molar-refractivity contribution in [2.45, 2.75) is 44.2 Å². The number of para-hydroxylation sites is 2. The third kappa shape index (κ3) is 5.42. The van der Waals surface area contributed by atoms with Crippen LogP contribution in [0.4, 0.5) is 4.79 Å². The number of rotatable bonds is 8. The Kier molecular flexibility index (Phi) is 7.41. The predicted molar refractivity (Wildman–Crippen MR) is 134 cm³/mol. The molecule has 2 N–H and O–H groups in total. The molecule has 0 unspecified atom stereocenters. The highest BCUT2D eigenvalue weighted by Gasteiger charge is 2.29. The maximum Gasteiger partial charge on any atom is 0.407 e. The van der Waals surface area contributed by atoms with E-state index in [4.69, 9.17) is 9.72 Å². The fraction of sp³-hybridized carbons (Fsp3) is 0.481. The van der Waals surface area contributed by atoms with Crippen LogP contribution in [0.1, 0.15) is 49.0 Å². The molecule has 7 nitrogen and oxygen atoms in total. The SMILES string of the molecule is O=C(NCCCN1CCC(n2c([C@@H]3CCNC3)nc3ccccc32)CC1)OCc1ccccc1. The Bertz CT molecular complexity index is 1070. The van der Waals surface area contributed by atoms with E-state index in [9.17, 15) is 4.79 Å². The van der Waals surface area contributed by atoms with Crippen LogP contribution in [0.15, 0.2) is 54.6 Å². The summed E-state index contributed by atoms with van der Waals surface area (Å²) in [4.78, 5) is 19.5. The lowest BCUT2D eigenvalue weighted by molar-refractivity contribution is 0.138. The average molecular weight is 462 g/mol. The van der Waals surface area contributed by atoms with E-state index in [-0.39, 0.29) is 6.09 Å². The van der Waals surface area contributed by atoms with Crippen molar-refractivity contribution in [3.63, 3.8) is 0 Å². The number of hydrogen-bond donors (Lipinski definition) is 2. The molecule has 2 aromatic carbocycles. The molecule has 7 heteroatoms. The van der Waals surface area contributed by atoms with Gasteiger partial charge in [0, 0.05) is 38.1 Å². The quantitative estimate of drug-likeness (QED) is 0.495. The van der Waals surface area contributed by atoms with Gasteiger partial charge < -0.3 is 24.8 Å². The maximum atomic E-state index is 11.9. The molecule has 0 saturated carbocycles. The molecular weight excluding hydrogens is 426 g/mol. The number of aromatic nitrogens is 2. The average Bonchev–Trinajstić information content (AvgIpc) is 3.54. The van der Waals surface area contributed by atoms with E-state index in [0.29, 0.717) is 25.1 Å². The highest BCUT2D eigenvalue weighted by atomic mass is 16.5. The summed E-state index contributed by atoms with van der Waals surface area (Å²) in [6.07, 6.45) is 4.03. The molecule has 5 rings (SSSR count). The molecule has 1 atom stereocenters. The largest absolute Gasteiger partial charge is 0.445 e. The molecule has 2 aliphatic rings. The van der Waals surface area contributed by atoms with Gasteiger partial charge in [0.15, 0.2) is 0 Å². The summed E-state index contributed by atoms with van der Waals surface area (Å²) < 4.78 is 7.84. The second-order valence-corrected chi connectivity index (χ2v) is 9.43. The van der Waals surface area contributed by atoms with Gasteiger partial charge in [-0.15, -0.1) is 0 Å². The van der Waals surface area contributed by atoms with Crippen molar-refractivity contribution >= 4 is 17.1 Å². The number of amides is 1. The maximum absolute atomic E-state index is 11.9. The topological polar surface area (TPSA) is 71.4 Å². The van der Waals surface area contributed by atoms with E-state index in [1.165, 1.54) is 17.8 Å².